The molecule has 0 aromatic carbocycles. The van der Waals surface area contributed by atoms with E-state index in [-0.39, 0.29) is 5.91 Å². The van der Waals surface area contributed by atoms with Crippen LogP contribution in [0.1, 0.15) is 30.6 Å². The van der Waals surface area contributed by atoms with Gasteiger partial charge >= 0.3 is 0 Å². The average Bonchev–Trinajstić information content (AvgIpc) is 3.19. The molecule has 1 fully saturated rings. The Hall–Kier alpha value is -2.10. The van der Waals surface area contributed by atoms with Crippen LogP contribution in [0.5, 0.6) is 0 Å². The van der Waals surface area contributed by atoms with Crippen LogP contribution in [-0.2, 0) is 17.8 Å². The molecule has 2 aromatic rings. The van der Waals surface area contributed by atoms with Gasteiger partial charge in [-0.3, -0.25) is 9.78 Å². The molecule has 0 radical (unpaired) electrons. The zero-order valence-corrected chi connectivity index (χ0v) is 11.4. The molecule has 3 rings (SSSR count). The van der Waals surface area contributed by atoms with Crippen molar-refractivity contribution in [3.05, 3.63) is 54.2 Å². The molecule has 2 aromatic heterocycles. The van der Waals surface area contributed by atoms with Gasteiger partial charge in [0, 0.05) is 37.8 Å². The van der Waals surface area contributed by atoms with Crippen molar-refractivity contribution in [1.82, 2.24) is 9.88 Å². The van der Waals surface area contributed by atoms with Gasteiger partial charge in [-0.25, -0.2) is 0 Å². The quantitative estimate of drug-likeness (QED) is 0.811. The molecule has 0 spiro atoms. The summed E-state index contributed by atoms with van der Waals surface area (Å²) in [4.78, 5) is 18.5. The van der Waals surface area contributed by atoms with E-state index < -0.39 is 0 Å². The molecule has 1 saturated carbocycles. The summed E-state index contributed by atoms with van der Waals surface area (Å²) >= 11 is 0. The number of carbonyl (C=O) groups is 1. The largest absolute Gasteiger partial charge is 0.469 e. The second-order valence-electron chi connectivity index (χ2n) is 5.19. The summed E-state index contributed by atoms with van der Waals surface area (Å²) in [5.41, 5.74) is 1.09. The van der Waals surface area contributed by atoms with E-state index >= 15 is 0 Å². The van der Waals surface area contributed by atoms with E-state index in [2.05, 4.69) is 4.98 Å². The Morgan fingerprint density at radius 1 is 1.35 bits per heavy atom. The summed E-state index contributed by atoms with van der Waals surface area (Å²) in [6.45, 7) is 0.662. The van der Waals surface area contributed by atoms with Gasteiger partial charge < -0.3 is 9.32 Å². The standard InChI is InChI=1S/C16H18N2O2/c19-16(8-7-15-4-2-10-20-15)18(14-5-6-14)12-13-3-1-9-17-11-13/h1-4,9-11,14H,5-8,12H2. The van der Waals surface area contributed by atoms with Crippen molar-refractivity contribution in [3.63, 3.8) is 0 Å². The van der Waals surface area contributed by atoms with E-state index in [9.17, 15) is 4.79 Å². The van der Waals surface area contributed by atoms with Crippen molar-refractivity contribution in [2.75, 3.05) is 0 Å². The van der Waals surface area contributed by atoms with E-state index in [4.69, 9.17) is 4.42 Å². The summed E-state index contributed by atoms with van der Waals surface area (Å²) in [7, 11) is 0. The van der Waals surface area contributed by atoms with Gasteiger partial charge in [-0.1, -0.05) is 6.07 Å². The van der Waals surface area contributed by atoms with Gasteiger partial charge in [0.05, 0.1) is 6.26 Å². The van der Waals surface area contributed by atoms with Crippen molar-refractivity contribution in [3.8, 4) is 0 Å². The highest BCUT2D eigenvalue weighted by Gasteiger charge is 2.32. The van der Waals surface area contributed by atoms with Crippen LogP contribution in [0, 0.1) is 0 Å². The first-order chi connectivity index (χ1) is 9.83. The van der Waals surface area contributed by atoms with Gasteiger partial charge in [0.25, 0.3) is 0 Å². The maximum atomic E-state index is 12.4. The summed E-state index contributed by atoms with van der Waals surface area (Å²) in [5.74, 6) is 1.07. The predicted octanol–water partition coefficient (Wildman–Crippen LogP) is 2.80. The fourth-order valence-electron chi connectivity index (χ4n) is 2.32. The Kier molecular flexibility index (Phi) is 3.81. The molecule has 20 heavy (non-hydrogen) atoms. The fourth-order valence-corrected chi connectivity index (χ4v) is 2.32. The molecule has 0 bridgehead atoms. The number of amides is 1. The zero-order valence-electron chi connectivity index (χ0n) is 11.4. The van der Waals surface area contributed by atoms with Crippen LogP contribution in [0.25, 0.3) is 0 Å². The second kappa shape index (κ2) is 5.90. The van der Waals surface area contributed by atoms with Crippen molar-refractivity contribution < 1.29 is 9.21 Å². The SMILES string of the molecule is O=C(CCc1ccco1)N(Cc1cccnc1)C1CC1. The molecule has 2 heterocycles. The minimum absolute atomic E-state index is 0.202. The summed E-state index contributed by atoms with van der Waals surface area (Å²) in [6, 6.07) is 8.11. The third kappa shape index (κ3) is 3.26. The summed E-state index contributed by atoms with van der Waals surface area (Å²) in [6.07, 6.45) is 8.64. The number of rotatable bonds is 6. The zero-order chi connectivity index (χ0) is 13.8. The molecule has 1 aliphatic rings. The first-order valence-electron chi connectivity index (χ1n) is 7.03. The lowest BCUT2D eigenvalue weighted by Gasteiger charge is -2.22. The van der Waals surface area contributed by atoms with Crippen LogP contribution in [0.3, 0.4) is 0 Å². The van der Waals surface area contributed by atoms with Crippen LogP contribution in [0.15, 0.2) is 47.3 Å². The number of carbonyl (C=O) groups excluding carboxylic acids is 1. The lowest BCUT2D eigenvalue weighted by atomic mass is 10.2. The molecule has 0 unspecified atom stereocenters. The molecule has 0 saturated heterocycles. The second-order valence-corrected chi connectivity index (χ2v) is 5.19. The highest BCUT2D eigenvalue weighted by Crippen LogP contribution is 2.29. The van der Waals surface area contributed by atoms with E-state index in [0.29, 0.717) is 25.4 Å². The van der Waals surface area contributed by atoms with Gasteiger partial charge in [0.2, 0.25) is 5.91 Å². The Morgan fingerprint density at radius 2 is 2.25 bits per heavy atom. The molecule has 0 atom stereocenters. The molecule has 4 nitrogen and oxygen atoms in total. The molecular formula is C16H18N2O2. The monoisotopic (exact) mass is 270 g/mol. The number of pyridine rings is 1. The Balaban J connectivity index is 1.60. The van der Waals surface area contributed by atoms with E-state index in [0.717, 1.165) is 24.2 Å². The molecule has 1 amide bonds. The summed E-state index contributed by atoms with van der Waals surface area (Å²) in [5, 5.41) is 0. The number of furan rings is 1. The molecule has 1 aliphatic carbocycles. The molecule has 0 N–H and O–H groups in total. The first-order valence-corrected chi connectivity index (χ1v) is 7.03. The van der Waals surface area contributed by atoms with Crippen LogP contribution >= 0.6 is 0 Å². The van der Waals surface area contributed by atoms with Crippen LogP contribution in [0.2, 0.25) is 0 Å². The number of hydrogen-bond donors (Lipinski definition) is 0. The lowest BCUT2D eigenvalue weighted by molar-refractivity contribution is -0.132. The van der Waals surface area contributed by atoms with Crippen LogP contribution < -0.4 is 0 Å². The predicted molar refractivity (Wildman–Crippen MR) is 74.8 cm³/mol. The third-order valence-corrected chi connectivity index (χ3v) is 3.55. The molecule has 104 valence electrons. The van der Waals surface area contributed by atoms with Crippen LogP contribution in [-0.4, -0.2) is 21.8 Å². The van der Waals surface area contributed by atoms with Crippen molar-refractivity contribution in [2.24, 2.45) is 0 Å². The third-order valence-electron chi connectivity index (χ3n) is 3.55. The van der Waals surface area contributed by atoms with E-state index in [1.165, 1.54) is 0 Å². The lowest BCUT2D eigenvalue weighted by Crippen LogP contribution is -2.32. The van der Waals surface area contributed by atoms with Gasteiger partial charge in [-0.05, 0) is 36.6 Å². The first kappa shape index (κ1) is 12.9. The van der Waals surface area contributed by atoms with Crippen LogP contribution in [0.4, 0.5) is 0 Å². The van der Waals surface area contributed by atoms with Gasteiger partial charge in [-0.15, -0.1) is 0 Å². The Morgan fingerprint density at radius 3 is 2.90 bits per heavy atom. The van der Waals surface area contributed by atoms with Crippen molar-refractivity contribution in [1.29, 1.82) is 0 Å². The number of nitrogens with zero attached hydrogens (tertiary/aromatic N) is 2. The molecule has 4 heteroatoms. The van der Waals surface area contributed by atoms with Gasteiger partial charge in [-0.2, -0.15) is 0 Å². The van der Waals surface area contributed by atoms with E-state index in [1.54, 1.807) is 12.5 Å². The fraction of sp³-hybridized carbons (Fsp3) is 0.375. The Bertz CT molecular complexity index is 547. The minimum Gasteiger partial charge on any atom is -0.469 e. The maximum absolute atomic E-state index is 12.4. The normalized spacial score (nSPS) is 14.2. The molecular weight excluding hydrogens is 252 g/mol. The maximum Gasteiger partial charge on any atom is 0.223 e. The molecule has 0 aliphatic heterocycles. The highest BCUT2D eigenvalue weighted by atomic mass is 16.3. The Labute approximate surface area is 118 Å². The topological polar surface area (TPSA) is 46.3 Å². The van der Waals surface area contributed by atoms with Gasteiger partial charge in [0.1, 0.15) is 5.76 Å². The van der Waals surface area contributed by atoms with Crippen molar-refractivity contribution >= 4 is 5.91 Å². The number of aryl methyl sites for hydroxylation is 1. The van der Waals surface area contributed by atoms with Gasteiger partial charge in [0.15, 0.2) is 0 Å². The highest BCUT2D eigenvalue weighted by molar-refractivity contribution is 5.77. The minimum atomic E-state index is 0.202. The van der Waals surface area contributed by atoms with Crippen molar-refractivity contribution in [2.45, 2.75) is 38.3 Å². The van der Waals surface area contributed by atoms with E-state index in [1.807, 2.05) is 35.4 Å². The number of aromatic nitrogens is 1. The summed E-state index contributed by atoms with van der Waals surface area (Å²) < 4.78 is 5.28. The smallest absolute Gasteiger partial charge is 0.223 e. The number of hydrogen-bond acceptors (Lipinski definition) is 3. The average molecular weight is 270 g/mol.